The molecule has 1 unspecified atom stereocenters. The predicted molar refractivity (Wildman–Crippen MR) is 128 cm³/mol. The molecule has 0 bridgehead atoms. The summed E-state index contributed by atoms with van der Waals surface area (Å²) in [6, 6.07) is 17.2. The number of benzene rings is 2. The van der Waals surface area contributed by atoms with Gasteiger partial charge in [0.1, 0.15) is 12.4 Å². The summed E-state index contributed by atoms with van der Waals surface area (Å²) in [4.78, 5) is 21.4. The molecule has 1 amide bonds. The third-order valence-corrected chi connectivity index (χ3v) is 6.77. The van der Waals surface area contributed by atoms with E-state index in [9.17, 15) is 9.18 Å². The fourth-order valence-electron chi connectivity index (χ4n) is 4.86. The number of methoxy groups -OCH3 is 1. The summed E-state index contributed by atoms with van der Waals surface area (Å²) >= 11 is 0. The predicted octanol–water partition coefficient (Wildman–Crippen LogP) is 4.30. The number of likely N-dealkylation sites (N-methyl/N-ethyl adjacent to an activating group) is 1. The van der Waals surface area contributed by atoms with E-state index >= 15 is 0 Å². The summed E-state index contributed by atoms with van der Waals surface area (Å²) in [6.45, 7) is 2.94. The van der Waals surface area contributed by atoms with Gasteiger partial charge >= 0.3 is 0 Å². The summed E-state index contributed by atoms with van der Waals surface area (Å²) in [5.74, 6) is 0.127. The van der Waals surface area contributed by atoms with Crippen LogP contribution in [0.1, 0.15) is 24.0 Å². The molecule has 33 heavy (non-hydrogen) atoms. The van der Waals surface area contributed by atoms with Crippen LogP contribution in [0.5, 0.6) is 0 Å². The van der Waals surface area contributed by atoms with Crippen LogP contribution >= 0.6 is 0 Å². The van der Waals surface area contributed by atoms with Gasteiger partial charge in [-0.2, -0.15) is 0 Å². The first-order chi connectivity index (χ1) is 16.0. The molecule has 1 aliphatic heterocycles. The first-order valence-corrected chi connectivity index (χ1v) is 11.6. The number of carbonyl (C=O) groups excluding carboxylic acids is 1. The van der Waals surface area contributed by atoms with Gasteiger partial charge in [0.25, 0.3) is 0 Å². The van der Waals surface area contributed by atoms with Crippen molar-refractivity contribution in [3.8, 4) is 0 Å². The van der Waals surface area contributed by atoms with Crippen LogP contribution < -0.4 is 0 Å². The van der Waals surface area contributed by atoms with Crippen molar-refractivity contribution in [2.45, 2.75) is 31.8 Å². The van der Waals surface area contributed by atoms with E-state index in [1.807, 2.05) is 36.3 Å². The number of hydrogen-bond acceptors (Lipinski definition) is 4. The van der Waals surface area contributed by atoms with Crippen molar-refractivity contribution in [1.29, 1.82) is 0 Å². The maximum atomic E-state index is 13.4. The van der Waals surface area contributed by atoms with Gasteiger partial charge in [-0.25, -0.2) is 4.39 Å². The second kappa shape index (κ2) is 10.9. The van der Waals surface area contributed by atoms with Crippen molar-refractivity contribution in [3.63, 3.8) is 0 Å². The molecule has 1 aliphatic rings. The molecule has 5 nitrogen and oxygen atoms in total. The zero-order chi connectivity index (χ0) is 23.2. The van der Waals surface area contributed by atoms with Gasteiger partial charge in [0.15, 0.2) is 0 Å². The normalized spacial score (nSPS) is 16.1. The third kappa shape index (κ3) is 5.95. The van der Waals surface area contributed by atoms with Crippen LogP contribution in [0, 0.1) is 11.7 Å². The van der Waals surface area contributed by atoms with Gasteiger partial charge in [0, 0.05) is 38.3 Å². The minimum absolute atomic E-state index is 0.0179. The molecule has 0 N–H and O–H groups in total. The number of carbonyl (C=O) groups is 1. The Morgan fingerprint density at radius 2 is 1.88 bits per heavy atom. The van der Waals surface area contributed by atoms with Crippen LogP contribution in [0.4, 0.5) is 4.39 Å². The molecule has 3 aromatic rings. The van der Waals surface area contributed by atoms with E-state index < -0.39 is 0 Å². The van der Waals surface area contributed by atoms with E-state index in [1.54, 1.807) is 7.11 Å². The van der Waals surface area contributed by atoms with Gasteiger partial charge in [-0.15, -0.1) is 0 Å². The monoisotopic (exact) mass is 449 g/mol. The van der Waals surface area contributed by atoms with Gasteiger partial charge in [0.05, 0.1) is 5.52 Å². The zero-order valence-corrected chi connectivity index (χ0v) is 19.4. The number of rotatable bonds is 8. The Morgan fingerprint density at radius 1 is 1.15 bits per heavy atom. The Balaban J connectivity index is 1.41. The SMILES string of the molecule is COCC(=O)N(C)C(Cc1ccc(F)cc1)C1CCN(Cc2ccc3cccnc3c2)CC1. The first kappa shape index (κ1) is 23.3. The summed E-state index contributed by atoms with van der Waals surface area (Å²) in [5, 5.41) is 1.16. The summed E-state index contributed by atoms with van der Waals surface area (Å²) in [7, 11) is 3.41. The van der Waals surface area contributed by atoms with Crippen LogP contribution in [0.15, 0.2) is 60.8 Å². The molecule has 0 radical (unpaired) electrons. The molecule has 1 aromatic heterocycles. The Labute approximate surface area is 195 Å². The van der Waals surface area contributed by atoms with Gasteiger partial charge in [-0.3, -0.25) is 14.7 Å². The van der Waals surface area contributed by atoms with E-state index in [0.29, 0.717) is 12.3 Å². The maximum Gasteiger partial charge on any atom is 0.248 e. The summed E-state index contributed by atoms with van der Waals surface area (Å²) in [6.07, 6.45) is 4.58. The van der Waals surface area contributed by atoms with Gasteiger partial charge in [-0.1, -0.05) is 30.3 Å². The van der Waals surface area contributed by atoms with Crippen LogP contribution in [-0.4, -0.2) is 60.6 Å². The number of piperidine rings is 1. The molecule has 2 aromatic carbocycles. The Morgan fingerprint density at radius 3 is 2.61 bits per heavy atom. The number of nitrogens with zero attached hydrogens (tertiary/aromatic N) is 3. The van der Waals surface area contributed by atoms with Gasteiger partial charge in [-0.05, 0) is 73.7 Å². The zero-order valence-electron chi connectivity index (χ0n) is 19.4. The second-order valence-corrected chi connectivity index (χ2v) is 8.98. The van der Waals surface area contributed by atoms with Gasteiger partial charge in [0.2, 0.25) is 5.91 Å². The average molecular weight is 450 g/mol. The molecule has 174 valence electrons. The highest BCUT2D eigenvalue weighted by Gasteiger charge is 2.31. The fraction of sp³-hybridized carbons (Fsp3) is 0.407. The number of amides is 1. The molecule has 6 heteroatoms. The van der Waals surface area contributed by atoms with E-state index in [0.717, 1.165) is 48.9 Å². The van der Waals surface area contributed by atoms with Crippen LogP contribution in [0.2, 0.25) is 0 Å². The topological polar surface area (TPSA) is 45.7 Å². The van der Waals surface area contributed by atoms with Crippen LogP contribution in [-0.2, 0) is 22.5 Å². The number of aromatic nitrogens is 1. The Kier molecular flexibility index (Phi) is 7.68. The minimum atomic E-state index is -0.240. The van der Waals surface area contributed by atoms with Crippen molar-refractivity contribution < 1.29 is 13.9 Å². The summed E-state index contributed by atoms with van der Waals surface area (Å²) in [5.41, 5.74) is 3.35. The lowest BCUT2D eigenvalue weighted by atomic mass is 9.84. The summed E-state index contributed by atoms with van der Waals surface area (Å²) < 4.78 is 18.5. The van der Waals surface area contributed by atoms with Crippen LogP contribution in [0.25, 0.3) is 10.9 Å². The standard InChI is InChI=1S/C27H32FN3O2/c1-30(27(32)19-33-2)26(17-20-6-9-24(28)10-7-20)23-11-14-31(15-12-23)18-21-5-8-22-4-3-13-29-25(22)16-21/h3-10,13,16,23,26H,11-12,14-15,17-19H2,1-2H3. The molecule has 1 atom stereocenters. The van der Waals surface area contributed by atoms with Crippen molar-refractivity contribution in [1.82, 2.24) is 14.8 Å². The van der Waals surface area contributed by atoms with E-state index in [-0.39, 0.29) is 24.4 Å². The van der Waals surface area contributed by atoms with E-state index in [2.05, 4.69) is 34.1 Å². The highest BCUT2D eigenvalue weighted by Crippen LogP contribution is 2.28. The van der Waals surface area contributed by atoms with Crippen molar-refractivity contribution in [2.75, 3.05) is 33.9 Å². The maximum absolute atomic E-state index is 13.4. The molecule has 0 spiro atoms. The van der Waals surface area contributed by atoms with E-state index in [1.165, 1.54) is 17.7 Å². The molecule has 4 rings (SSSR count). The Bertz CT molecular complexity index is 1060. The lowest BCUT2D eigenvalue weighted by Crippen LogP contribution is -2.48. The largest absolute Gasteiger partial charge is 0.375 e. The molecule has 0 aliphatic carbocycles. The van der Waals surface area contributed by atoms with Crippen molar-refractivity contribution >= 4 is 16.8 Å². The molecular weight excluding hydrogens is 417 g/mol. The Hall–Kier alpha value is -2.83. The number of ether oxygens (including phenoxy) is 1. The van der Waals surface area contributed by atoms with Crippen LogP contribution in [0.3, 0.4) is 0 Å². The highest BCUT2D eigenvalue weighted by molar-refractivity contribution is 5.79. The molecule has 0 saturated carbocycles. The lowest BCUT2D eigenvalue weighted by molar-refractivity contribution is -0.137. The third-order valence-electron chi connectivity index (χ3n) is 6.77. The lowest BCUT2D eigenvalue weighted by Gasteiger charge is -2.40. The first-order valence-electron chi connectivity index (χ1n) is 11.6. The minimum Gasteiger partial charge on any atom is -0.375 e. The molecule has 2 heterocycles. The smallest absolute Gasteiger partial charge is 0.248 e. The molecule has 1 saturated heterocycles. The fourth-order valence-corrected chi connectivity index (χ4v) is 4.86. The number of fused-ring (bicyclic) bond motifs is 1. The number of hydrogen-bond donors (Lipinski definition) is 0. The number of likely N-dealkylation sites (tertiary alicyclic amines) is 1. The number of pyridine rings is 1. The number of halogens is 1. The molecule has 1 fully saturated rings. The second-order valence-electron chi connectivity index (χ2n) is 8.98. The molecular formula is C27H32FN3O2. The van der Waals surface area contributed by atoms with E-state index in [4.69, 9.17) is 4.74 Å². The average Bonchev–Trinajstić information content (AvgIpc) is 2.84. The quantitative estimate of drug-likeness (QED) is 0.514. The highest BCUT2D eigenvalue weighted by atomic mass is 19.1. The van der Waals surface area contributed by atoms with Gasteiger partial charge < -0.3 is 9.64 Å². The van der Waals surface area contributed by atoms with Crippen molar-refractivity contribution in [2.24, 2.45) is 5.92 Å². The van der Waals surface area contributed by atoms with Crippen molar-refractivity contribution in [3.05, 3.63) is 77.7 Å².